The minimum absolute atomic E-state index is 0.0495. The summed E-state index contributed by atoms with van der Waals surface area (Å²) in [6.45, 7) is 4.50. The number of thiocarbonyl (C=S) groups is 1. The van der Waals surface area contributed by atoms with E-state index in [-0.39, 0.29) is 13.2 Å². The van der Waals surface area contributed by atoms with Crippen molar-refractivity contribution < 1.29 is 14.3 Å². The molecule has 0 aliphatic heterocycles. The number of rotatable bonds is 5. The van der Waals surface area contributed by atoms with E-state index in [9.17, 15) is 9.59 Å². The molecule has 2 amide bonds. The molecular formula is C14H25N3O3S. The average molecular weight is 315 g/mol. The van der Waals surface area contributed by atoms with Gasteiger partial charge in [0, 0.05) is 12.6 Å². The first kappa shape index (κ1) is 17.7. The highest BCUT2D eigenvalue weighted by Crippen LogP contribution is 2.17. The van der Waals surface area contributed by atoms with E-state index in [2.05, 4.69) is 15.4 Å². The SMILES string of the molecule is CCOC(=O)NC(=O)CN(CC)C(=S)NC1CCCCC1. The Hall–Kier alpha value is -1.37. The summed E-state index contributed by atoms with van der Waals surface area (Å²) >= 11 is 5.36. The van der Waals surface area contributed by atoms with Crippen molar-refractivity contribution >= 4 is 29.3 Å². The maximum absolute atomic E-state index is 11.8. The molecule has 0 aromatic carbocycles. The van der Waals surface area contributed by atoms with Crippen molar-refractivity contribution in [1.29, 1.82) is 0 Å². The Kier molecular flexibility index (Phi) is 8.04. The molecule has 6 nitrogen and oxygen atoms in total. The zero-order valence-electron chi connectivity index (χ0n) is 12.8. The molecule has 0 heterocycles. The maximum atomic E-state index is 11.8. The molecule has 7 heteroatoms. The van der Waals surface area contributed by atoms with Gasteiger partial charge in [0.15, 0.2) is 5.11 Å². The van der Waals surface area contributed by atoms with Crippen LogP contribution >= 0.6 is 12.2 Å². The van der Waals surface area contributed by atoms with Gasteiger partial charge in [0.05, 0.1) is 13.2 Å². The average Bonchev–Trinajstić information content (AvgIpc) is 2.45. The number of alkyl carbamates (subject to hydrolysis) is 1. The first-order valence-corrected chi connectivity index (χ1v) is 7.99. The molecule has 0 atom stereocenters. The Bertz CT molecular complexity index is 370. The smallest absolute Gasteiger partial charge is 0.413 e. The zero-order chi connectivity index (χ0) is 15.7. The number of ether oxygens (including phenoxy) is 1. The number of nitrogens with one attached hydrogen (secondary N) is 2. The van der Waals surface area contributed by atoms with Crippen molar-refractivity contribution in [3.63, 3.8) is 0 Å². The van der Waals surface area contributed by atoms with Crippen LogP contribution in [0.25, 0.3) is 0 Å². The van der Waals surface area contributed by atoms with Crippen LogP contribution in [0.5, 0.6) is 0 Å². The molecule has 0 saturated heterocycles. The van der Waals surface area contributed by atoms with Crippen LogP contribution in [0.15, 0.2) is 0 Å². The van der Waals surface area contributed by atoms with Gasteiger partial charge in [0.2, 0.25) is 5.91 Å². The summed E-state index contributed by atoms with van der Waals surface area (Å²) in [6.07, 6.45) is 5.24. The lowest BCUT2D eigenvalue weighted by atomic mass is 9.96. The summed E-state index contributed by atoms with van der Waals surface area (Å²) in [7, 11) is 0. The van der Waals surface area contributed by atoms with E-state index in [0.29, 0.717) is 17.7 Å². The van der Waals surface area contributed by atoms with Crippen LogP contribution in [0.2, 0.25) is 0 Å². The molecule has 0 aromatic rings. The molecule has 0 bridgehead atoms. The number of likely N-dealkylation sites (N-methyl/N-ethyl adjacent to an activating group) is 1. The third-order valence-corrected chi connectivity index (χ3v) is 3.83. The lowest BCUT2D eigenvalue weighted by Gasteiger charge is -2.29. The number of hydrogen-bond donors (Lipinski definition) is 2. The van der Waals surface area contributed by atoms with Crippen molar-refractivity contribution in [2.24, 2.45) is 0 Å². The minimum atomic E-state index is -0.718. The quantitative estimate of drug-likeness (QED) is 0.754. The van der Waals surface area contributed by atoms with Gasteiger partial charge in [0.1, 0.15) is 0 Å². The van der Waals surface area contributed by atoms with Gasteiger partial charge < -0.3 is 15.0 Å². The van der Waals surface area contributed by atoms with Crippen molar-refractivity contribution in [3.05, 3.63) is 0 Å². The van der Waals surface area contributed by atoms with Gasteiger partial charge in [0.25, 0.3) is 0 Å². The Morgan fingerprint density at radius 3 is 2.48 bits per heavy atom. The Morgan fingerprint density at radius 2 is 1.90 bits per heavy atom. The second kappa shape index (κ2) is 9.55. The number of hydrogen-bond acceptors (Lipinski definition) is 4. The van der Waals surface area contributed by atoms with E-state index in [4.69, 9.17) is 12.2 Å². The van der Waals surface area contributed by atoms with Crippen LogP contribution in [0.3, 0.4) is 0 Å². The normalized spacial score (nSPS) is 15.1. The third kappa shape index (κ3) is 6.75. The second-order valence-electron chi connectivity index (χ2n) is 5.07. The van der Waals surface area contributed by atoms with Gasteiger partial charge in [-0.05, 0) is 38.9 Å². The van der Waals surface area contributed by atoms with Gasteiger partial charge in [-0.2, -0.15) is 0 Å². The second-order valence-corrected chi connectivity index (χ2v) is 5.45. The van der Waals surface area contributed by atoms with Gasteiger partial charge in [-0.1, -0.05) is 19.3 Å². The molecule has 1 aliphatic carbocycles. The van der Waals surface area contributed by atoms with Crippen LogP contribution in [-0.4, -0.2) is 47.8 Å². The zero-order valence-corrected chi connectivity index (χ0v) is 13.6. The van der Waals surface area contributed by atoms with E-state index in [1.807, 2.05) is 6.92 Å². The minimum Gasteiger partial charge on any atom is -0.450 e. The Balaban J connectivity index is 2.39. The molecule has 0 aromatic heterocycles. The largest absolute Gasteiger partial charge is 0.450 e. The molecule has 2 N–H and O–H groups in total. The molecule has 1 saturated carbocycles. The van der Waals surface area contributed by atoms with E-state index in [1.165, 1.54) is 19.3 Å². The Morgan fingerprint density at radius 1 is 1.24 bits per heavy atom. The maximum Gasteiger partial charge on any atom is 0.413 e. The fourth-order valence-electron chi connectivity index (χ4n) is 2.33. The van der Waals surface area contributed by atoms with Gasteiger partial charge in [-0.3, -0.25) is 10.1 Å². The van der Waals surface area contributed by atoms with E-state index >= 15 is 0 Å². The topological polar surface area (TPSA) is 70.7 Å². The summed E-state index contributed by atoms with van der Waals surface area (Å²) in [5.74, 6) is -0.414. The number of carbonyl (C=O) groups is 2. The monoisotopic (exact) mass is 315 g/mol. The standard InChI is InChI=1S/C14H25N3O3S/c1-3-17(10-12(18)16-14(19)20-4-2)13(21)15-11-8-6-5-7-9-11/h11H,3-10H2,1-2H3,(H,15,21)(H,16,18,19). The molecule has 1 aliphatic rings. The molecule has 120 valence electrons. The predicted molar refractivity (Wildman–Crippen MR) is 85.0 cm³/mol. The predicted octanol–water partition coefficient (Wildman–Crippen LogP) is 1.79. The number of amides is 2. The van der Waals surface area contributed by atoms with Crippen LogP contribution in [0, 0.1) is 0 Å². The number of carbonyl (C=O) groups excluding carboxylic acids is 2. The number of imide groups is 1. The summed E-state index contributed by atoms with van der Waals surface area (Å²) < 4.78 is 4.67. The molecule has 1 fully saturated rings. The van der Waals surface area contributed by atoms with Crippen molar-refractivity contribution in [3.8, 4) is 0 Å². The molecule has 1 rings (SSSR count). The van der Waals surface area contributed by atoms with Crippen LogP contribution in [0.4, 0.5) is 4.79 Å². The van der Waals surface area contributed by atoms with Gasteiger partial charge >= 0.3 is 6.09 Å². The first-order valence-electron chi connectivity index (χ1n) is 7.58. The van der Waals surface area contributed by atoms with Crippen molar-refractivity contribution in [2.45, 2.75) is 52.0 Å². The fourth-order valence-corrected chi connectivity index (χ4v) is 2.69. The van der Waals surface area contributed by atoms with Crippen molar-refractivity contribution in [2.75, 3.05) is 19.7 Å². The summed E-state index contributed by atoms with van der Waals surface area (Å²) in [6, 6.07) is 0.397. The highest BCUT2D eigenvalue weighted by molar-refractivity contribution is 7.80. The molecule has 0 radical (unpaired) electrons. The van der Waals surface area contributed by atoms with Crippen molar-refractivity contribution in [1.82, 2.24) is 15.5 Å². The molecule has 0 spiro atoms. The number of nitrogens with zero attached hydrogens (tertiary/aromatic N) is 1. The fraction of sp³-hybridized carbons (Fsp3) is 0.786. The van der Waals surface area contributed by atoms with Crippen LogP contribution in [-0.2, 0) is 9.53 Å². The molecule has 0 unspecified atom stereocenters. The van der Waals surface area contributed by atoms with E-state index in [1.54, 1.807) is 11.8 Å². The molecular weight excluding hydrogens is 290 g/mol. The van der Waals surface area contributed by atoms with Crippen LogP contribution < -0.4 is 10.6 Å². The molecule has 21 heavy (non-hydrogen) atoms. The van der Waals surface area contributed by atoms with Gasteiger partial charge in [-0.15, -0.1) is 0 Å². The van der Waals surface area contributed by atoms with Crippen LogP contribution in [0.1, 0.15) is 46.0 Å². The summed E-state index contributed by atoms with van der Waals surface area (Å²) in [5.41, 5.74) is 0. The van der Waals surface area contributed by atoms with E-state index < -0.39 is 12.0 Å². The summed E-state index contributed by atoms with van der Waals surface area (Å²) in [4.78, 5) is 24.7. The third-order valence-electron chi connectivity index (χ3n) is 3.45. The highest BCUT2D eigenvalue weighted by Gasteiger charge is 2.19. The highest BCUT2D eigenvalue weighted by atomic mass is 32.1. The summed E-state index contributed by atoms with van der Waals surface area (Å²) in [5, 5.41) is 6.06. The lowest BCUT2D eigenvalue weighted by Crippen LogP contribution is -2.49. The Labute approximate surface area is 131 Å². The van der Waals surface area contributed by atoms with Gasteiger partial charge in [-0.25, -0.2) is 4.79 Å². The lowest BCUT2D eigenvalue weighted by molar-refractivity contribution is -0.120. The first-order chi connectivity index (χ1) is 10.1. The van der Waals surface area contributed by atoms with E-state index in [0.717, 1.165) is 12.8 Å².